The van der Waals surface area contributed by atoms with E-state index in [0.29, 0.717) is 11.2 Å². The molecule has 0 spiro atoms. The second kappa shape index (κ2) is 5.60. The van der Waals surface area contributed by atoms with E-state index in [-0.39, 0.29) is 18.0 Å². The summed E-state index contributed by atoms with van der Waals surface area (Å²) in [5, 5.41) is 0.636. The highest BCUT2D eigenvalue weighted by Crippen LogP contribution is 2.22. The molecule has 0 aliphatic carbocycles. The fraction of sp³-hybridized carbons (Fsp3) is 0.533. The topological polar surface area (TPSA) is 55.2 Å². The number of aromatic nitrogens is 2. The molecule has 0 unspecified atom stereocenters. The molecule has 6 heteroatoms. The second-order valence-electron chi connectivity index (χ2n) is 5.42. The van der Waals surface area contributed by atoms with Gasteiger partial charge in [0.25, 0.3) is 5.56 Å². The Morgan fingerprint density at radius 1 is 1.38 bits per heavy atom. The quantitative estimate of drug-likeness (QED) is 0.871. The Morgan fingerprint density at radius 2 is 2.10 bits per heavy atom. The summed E-state index contributed by atoms with van der Waals surface area (Å²) in [6, 6.07) is 1.91. The molecule has 2 aromatic heterocycles. The molecule has 1 fully saturated rings. The summed E-state index contributed by atoms with van der Waals surface area (Å²) in [7, 11) is 0. The zero-order valence-electron chi connectivity index (χ0n) is 12.4. The Morgan fingerprint density at radius 3 is 2.76 bits per heavy atom. The monoisotopic (exact) mass is 305 g/mol. The van der Waals surface area contributed by atoms with Crippen molar-refractivity contribution in [1.82, 2.24) is 14.5 Å². The molecule has 0 radical (unpaired) electrons. The van der Waals surface area contributed by atoms with Crippen molar-refractivity contribution in [2.75, 3.05) is 13.1 Å². The van der Waals surface area contributed by atoms with Crippen LogP contribution in [0.4, 0.5) is 0 Å². The van der Waals surface area contributed by atoms with Gasteiger partial charge in [0.05, 0.1) is 5.39 Å². The van der Waals surface area contributed by atoms with Gasteiger partial charge in [-0.25, -0.2) is 4.98 Å². The highest BCUT2D eigenvalue weighted by atomic mass is 32.1. The van der Waals surface area contributed by atoms with Gasteiger partial charge in [-0.05, 0) is 32.3 Å². The predicted molar refractivity (Wildman–Crippen MR) is 83.8 cm³/mol. The van der Waals surface area contributed by atoms with Crippen LogP contribution in [-0.2, 0) is 17.8 Å². The van der Waals surface area contributed by atoms with Crippen LogP contribution in [0.3, 0.4) is 0 Å². The largest absolute Gasteiger partial charge is 0.341 e. The average molecular weight is 305 g/mol. The van der Waals surface area contributed by atoms with E-state index in [1.807, 2.05) is 11.0 Å². The molecule has 3 heterocycles. The number of nitrogens with zero attached hydrogens (tertiary/aromatic N) is 3. The van der Waals surface area contributed by atoms with Crippen LogP contribution >= 0.6 is 11.3 Å². The van der Waals surface area contributed by atoms with Crippen LogP contribution in [0.1, 0.15) is 30.5 Å². The maximum absolute atomic E-state index is 12.6. The lowest BCUT2D eigenvalue weighted by atomic mass is 10.3. The van der Waals surface area contributed by atoms with Gasteiger partial charge in [0, 0.05) is 18.0 Å². The third-order valence-electron chi connectivity index (χ3n) is 3.99. The maximum atomic E-state index is 12.6. The lowest BCUT2D eigenvalue weighted by Gasteiger charge is -2.16. The van der Waals surface area contributed by atoms with Gasteiger partial charge in [0.15, 0.2) is 0 Å². The lowest BCUT2D eigenvalue weighted by Crippen LogP contribution is -2.35. The van der Waals surface area contributed by atoms with E-state index < -0.39 is 0 Å². The van der Waals surface area contributed by atoms with Crippen molar-refractivity contribution in [3.05, 3.63) is 27.1 Å². The number of rotatable bonds is 3. The molecule has 1 saturated heterocycles. The van der Waals surface area contributed by atoms with Gasteiger partial charge in [-0.2, -0.15) is 0 Å². The smallest absolute Gasteiger partial charge is 0.262 e. The molecule has 21 heavy (non-hydrogen) atoms. The fourth-order valence-electron chi connectivity index (χ4n) is 2.73. The average Bonchev–Trinajstić information content (AvgIpc) is 3.11. The summed E-state index contributed by atoms with van der Waals surface area (Å²) in [6.45, 7) is 5.57. The van der Waals surface area contributed by atoms with Gasteiger partial charge in [0.2, 0.25) is 5.91 Å². The summed E-state index contributed by atoms with van der Waals surface area (Å²) in [4.78, 5) is 33.1. The minimum absolute atomic E-state index is 0.0183. The van der Waals surface area contributed by atoms with Crippen molar-refractivity contribution in [2.45, 2.75) is 39.7 Å². The first-order valence-corrected chi connectivity index (χ1v) is 8.19. The summed E-state index contributed by atoms with van der Waals surface area (Å²) < 4.78 is 1.51. The molecule has 112 valence electrons. The van der Waals surface area contributed by atoms with E-state index in [0.717, 1.165) is 42.1 Å². The molecule has 0 saturated carbocycles. The fourth-order valence-corrected chi connectivity index (χ4v) is 3.73. The summed E-state index contributed by atoms with van der Waals surface area (Å²) >= 11 is 1.56. The van der Waals surface area contributed by atoms with E-state index in [1.54, 1.807) is 18.3 Å². The minimum atomic E-state index is -0.0963. The van der Waals surface area contributed by atoms with Crippen molar-refractivity contribution in [1.29, 1.82) is 0 Å². The van der Waals surface area contributed by atoms with Crippen LogP contribution in [0.15, 0.2) is 10.9 Å². The van der Waals surface area contributed by atoms with Crippen molar-refractivity contribution >= 4 is 27.5 Å². The number of carbonyl (C=O) groups is 1. The predicted octanol–water partition coefficient (Wildman–Crippen LogP) is 1.95. The Bertz CT molecular complexity index is 741. The standard InChI is InChI=1S/C15H19N3O2S/c1-3-11-8-12-14(21-11)16-10(2)18(15(12)20)9-13(19)17-6-4-5-7-17/h8H,3-7,9H2,1-2H3. The van der Waals surface area contributed by atoms with Crippen LogP contribution in [0, 0.1) is 6.92 Å². The van der Waals surface area contributed by atoms with Crippen molar-refractivity contribution in [3.8, 4) is 0 Å². The molecule has 1 aliphatic heterocycles. The second-order valence-corrected chi connectivity index (χ2v) is 6.54. The van der Waals surface area contributed by atoms with Gasteiger partial charge < -0.3 is 4.90 Å². The summed E-state index contributed by atoms with van der Waals surface area (Å²) in [5.74, 6) is 0.634. The molecule has 0 aromatic carbocycles. The first-order chi connectivity index (χ1) is 10.1. The SMILES string of the molecule is CCc1cc2c(=O)n(CC(=O)N3CCCC3)c(C)nc2s1. The van der Waals surface area contributed by atoms with Gasteiger partial charge in [0.1, 0.15) is 17.2 Å². The van der Waals surface area contributed by atoms with Crippen molar-refractivity contribution in [3.63, 3.8) is 0 Å². The summed E-state index contributed by atoms with van der Waals surface area (Å²) in [5.41, 5.74) is -0.0963. The lowest BCUT2D eigenvalue weighted by molar-refractivity contribution is -0.130. The number of amides is 1. The van der Waals surface area contributed by atoms with Crippen molar-refractivity contribution in [2.24, 2.45) is 0 Å². The molecule has 1 amide bonds. The zero-order valence-corrected chi connectivity index (χ0v) is 13.2. The molecule has 0 N–H and O–H groups in total. The first kappa shape index (κ1) is 14.3. The number of aryl methyl sites for hydroxylation is 2. The Labute approximate surface area is 127 Å². The van der Waals surface area contributed by atoms with E-state index in [4.69, 9.17) is 0 Å². The normalized spacial score (nSPS) is 15.0. The van der Waals surface area contributed by atoms with Gasteiger partial charge in [-0.1, -0.05) is 6.92 Å². The van der Waals surface area contributed by atoms with Gasteiger partial charge in [-0.3, -0.25) is 14.2 Å². The minimum Gasteiger partial charge on any atom is -0.341 e. The number of thiophene rings is 1. The molecule has 0 atom stereocenters. The number of fused-ring (bicyclic) bond motifs is 1. The highest BCUT2D eigenvalue weighted by molar-refractivity contribution is 7.18. The van der Waals surface area contributed by atoms with Crippen molar-refractivity contribution < 1.29 is 4.79 Å². The number of likely N-dealkylation sites (tertiary alicyclic amines) is 1. The number of hydrogen-bond acceptors (Lipinski definition) is 4. The molecule has 5 nitrogen and oxygen atoms in total. The molecular formula is C15H19N3O2S. The molecule has 1 aliphatic rings. The van der Waals surface area contributed by atoms with E-state index in [1.165, 1.54) is 4.57 Å². The molecular weight excluding hydrogens is 286 g/mol. The number of carbonyl (C=O) groups excluding carboxylic acids is 1. The molecule has 2 aromatic rings. The van der Waals surface area contributed by atoms with E-state index in [9.17, 15) is 9.59 Å². The van der Waals surface area contributed by atoms with Gasteiger partial charge in [-0.15, -0.1) is 11.3 Å². The van der Waals surface area contributed by atoms with Crippen LogP contribution in [0.2, 0.25) is 0 Å². The third kappa shape index (κ3) is 2.60. The Kier molecular flexibility index (Phi) is 3.80. The van der Waals surface area contributed by atoms with Crippen LogP contribution in [0.5, 0.6) is 0 Å². The maximum Gasteiger partial charge on any atom is 0.262 e. The van der Waals surface area contributed by atoms with Gasteiger partial charge >= 0.3 is 0 Å². The Hall–Kier alpha value is -1.69. The molecule has 0 bridgehead atoms. The Balaban J connectivity index is 1.97. The highest BCUT2D eigenvalue weighted by Gasteiger charge is 2.20. The van der Waals surface area contributed by atoms with E-state index >= 15 is 0 Å². The van der Waals surface area contributed by atoms with Crippen LogP contribution < -0.4 is 5.56 Å². The van der Waals surface area contributed by atoms with E-state index in [2.05, 4.69) is 11.9 Å². The molecule has 3 rings (SSSR count). The first-order valence-electron chi connectivity index (χ1n) is 7.37. The number of hydrogen-bond donors (Lipinski definition) is 0. The zero-order chi connectivity index (χ0) is 15.0. The van der Waals surface area contributed by atoms with Crippen LogP contribution in [-0.4, -0.2) is 33.4 Å². The van der Waals surface area contributed by atoms with Crippen LogP contribution in [0.25, 0.3) is 10.2 Å². The third-order valence-corrected chi connectivity index (χ3v) is 5.17. The summed E-state index contributed by atoms with van der Waals surface area (Å²) in [6.07, 6.45) is 3.01.